The molecule has 2 aliphatic carbocycles. The molecule has 7 heterocycles. The van der Waals surface area contributed by atoms with E-state index in [0.717, 1.165) is 100 Å². The fourth-order valence-electron chi connectivity index (χ4n) is 17.9. The van der Waals surface area contributed by atoms with Crippen molar-refractivity contribution in [2.24, 2.45) is 0 Å². The Kier molecular flexibility index (Phi) is 18.9. The summed E-state index contributed by atoms with van der Waals surface area (Å²) < 4.78 is 41.5. The summed E-state index contributed by atoms with van der Waals surface area (Å²) in [4.78, 5) is 21.0. The molecule has 12 aromatic carbocycles. The van der Waals surface area contributed by atoms with E-state index in [9.17, 15) is 0 Å². The van der Waals surface area contributed by atoms with Crippen LogP contribution in [0, 0.1) is 0 Å². The van der Waals surface area contributed by atoms with Crippen LogP contribution < -0.4 is 5.46 Å². The molecule has 5 aliphatic rings. The number of halogens is 1. The standard InChI is InChI=1S/C49H42BN3O2.C43H30ClN3.C12H24B2O4/c1-47(2)40-21-12-10-19-36(40)37-25-23-32(29-41(37)47)43-30-42(31-15-14-16-34(27-31)50-54-48(3,4)49(5,6)55-50)51-46(52-43)33-24-26-45-39(28-33)38-20-11-13-22-44(38)53(45)35-17-8-7-9-18-35;1-43(2)36-17-8-6-15-32(36)33-21-19-28(25-37(33)43)39-26-38(27-11-10-12-30(44)23-27)45-42(46-39)29-20-22-41-35(24-29)34-16-7-9-18-40(34)47(41)31-13-4-3-5-14-31;1-9(2)10(3,4)16-13(15-9)14-17-11(5,6)12(7,8)18-14/h7-30H,1-6H3;3-26H,1-2H3;1-8H3. The van der Waals surface area contributed by atoms with Crippen LogP contribution in [0.25, 0.3) is 145 Å². The lowest BCUT2D eigenvalue weighted by molar-refractivity contribution is 0.00578. The fraction of sp³-hybridized carbons (Fsp3) is 0.231. The molecular formula is C104H96B3ClN6O6. The molecule has 0 spiro atoms. The van der Waals surface area contributed by atoms with Gasteiger partial charge in [-0.3, -0.25) is 0 Å². The molecule has 3 saturated heterocycles. The number of aromatic nitrogens is 6. The monoisotopic (exact) mass is 1590 g/mol. The van der Waals surface area contributed by atoms with Crippen LogP contribution in [0.2, 0.25) is 5.02 Å². The molecular weight excluding hydrogens is 1500 g/mol. The summed E-state index contributed by atoms with van der Waals surface area (Å²) in [6.07, 6.45) is 0. The summed E-state index contributed by atoms with van der Waals surface area (Å²) >= 11 is 6.48. The molecule has 594 valence electrons. The Hall–Kier alpha value is -11.4. The molecule has 0 N–H and O–H groups in total. The SMILES string of the molecule is CC1(C)OB(B2OC(C)(C)C(C)(C)O2)OC1(C)C.CC1(C)c2ccccc2-c2ccc(-c3cc(-c4cccc(B5OC(C)(C)C(C)(C)O5)c4)nc(-c4ccc5c(c4)c4ccccc4n5-c4ccccc4)n3)cc21.CC1(C)c2ccccc2-c2ccc(-c3cc(-c4cccc(Cl)c4)nc(-c4ccc5c(c4)c4ccccc4n5-c4ccccc4)n3)cc21. The van der Waals surface area contributed by atoms with Gasteiger partial charge < -0.3 is 37.1 Å². The summed E-state index contributed by atoms with van der Waals surface area (Å²) in [5, 5.41) is 5.39. The van der Waals surface area contributed by atoms with Gasteiger partial charge in [0.05, 0.1) is 78.4 Å². The van der Waals surface area contributed by atoms with Gasteiger partial charge in [0.15, 0.2) is 11.6 Å². The second-order valence-electron chi connectivity index (χ2n) is 36.6. The lowest BCUT2D eigenvalue weighted by Gasteiger charge is -2.32. The van der Waals surface area contributed by atoms with Gasteiger partial charge in [-0.05, 0) is 248 Å². The third-order valence-electron chi connectivity index (χ3n) is 26.7. The van der Waals surface area contributed by atoms with Crippen LogP contribution >= 0.6 is 11.6 Å². The molecule has 12 nitrogen and oxygen atoms in total. The maximum Gasteiger partial charge on any atom is 0.494 e. The minimum atomic E-state index is -0.476. The van der Waals surface area contributed by atoms with Crippen molar-refractivity contribution in [1.29, 1.82) is 0 Å². The summed E-state index contributed by atoms with van der Waals surface area (Å²) in [5.41, 5.74) is 25.3. The van der Waals surface area contributed by atoms with Gasteiger partial charge in [-0.1, -0.05) is 221 Å². The van der Waals surface area contributed by atoms with Crippen LogP contribution in [-0.2, 0) is 38.8 Å². The van der Waals surface area contributed by atoms with Gasteiger partial charge in [0.25, 0.3) is 0 Å². The highest BCUT2D eigenvalue weighted by Crippen LogP contribution is 2.53. The number of benzene rings is 12. The quantitative estimate of drug-likeness (QED) is 0.123. The molecule has 3 fully saturated rings. The van der Waals surface area contributed by atoms with Crippen LogP contribution in [-0.4, -0.2) is 83.8 Å². The van der Waals surface area contributed by atoms with Crippen LogP contribution in [0.15, 0.2) is 291 Å². The van der Waals surface area contributed by atoms with Gasteiger partial charge in [0, 0.05) is 76.6 Å². The van der Waals surface area contributed by atoms with Crippen LogP contribution in [0.3, 0.4) is 0 Å². The Morgan fingerprint density at radius 2 is 0.592 bits per heavy atom. The highest BCUT2D eigenvalue weighted by Gasteiger charge is 2.64. The summed E-state index contributed by atoms with van der Waals surface area (Å²) in [5.74, 6) is 1.36. The molecule has 0 atom stereocenters. The first kappa shape index (κ1) is 78.5. The van der Waals surface area contributed by atoms with Crippen molar-refractivity contribution in [2.45, 2.75) is 155 Å². The fourth-order valence-corrected chi connectivity index (χ4v) is 18.1. The van der Waals surface area contributed by atoms with Gasteiger partial charge in [-0.25, -0.2) is 19.9 Å². The smallest absolute Gasteiger partial charge is 0.405 e. The van der Waals surface area contributed by atoms with E-state index in [1.54, 1.807) is 0 Å². The number of fused-ring (bicyclic) bond motifs is 12. The van der Waals surface area contributed by atoms with Crippen molar-refractivity contribution in [1.82, 2.24) is 29.1 Å². The Morgan fingerprint density at radius 3 is 1.01 bits per heavy atom. The second-order valence-corrected chi connectivity index (χ2v) is 37.0. The zero-order valence-corrected chi connectivity index (χ0v) is 71.7. The predicted molar refractivity (Wildman–Crippen MR) is 493 cm³/mol. The second kappa shape index (κ2) is 28.9. The third kappa shape index (κ3) is 13.4. The normalized spacial score (nSPS) is 17.5. The zero-order chi connectivity index (χ0) is 83.4. The minimum absolute atomic E-state index is 0.106. The van der Waals surface area contributed by atoms with E-state index in [2.05, 4.69) is 338 Å². The molecule has 120 heavy (non-hydrogen) atoms. The molecule has 3 aliphatic heterocycles. The van der Waals surface area contributed by atoms with E-state index in [1.165, 1.54) is 60.8 Å². The van der Waals surface area contributed by atoms with Crippen LogP contribution in [0.5, 0.6) is 0 Å². The Balaban J connectivity index is 0.000000133. The first-order valence-corrected chi connectivity index (χ1v) is 42.1. The molecule has 21 rings (SSSR count). The Labute approximate surface area is 709 Å². The maximum absolute atomic E-state index is 6.48. The largest absolute Gasteiger partial charge is 0.494 e. The molecule has 16 aromatic rings. The average molecular weight is 1590 g/mol. The molecule has 0 amide bonds. The van der Waals surface area contributed by atoms with Crippen LogP contribution in [0.4, 0.5) is 0 Å². The molecule has 0 radical (unpaired) electrons. The van der Waals surface area contributed by atoms with Gasteiger partial charge in [0.2, 0.25) is 0 Å². The van der Waals surface area contributed by atoms with Crippen LogP contribution in [0.1, 0.15) is 133 Å². The topological polar surface area (TPSA) is 117 Å². The lowest BCUT2D eigenvalue weighted by Crippen LogP contribution is -2.41. The number of para-hydroxylation sites is 4. The molecule has 16 heteroatoms. The molecule has 0 bridgehead atoms. The highest BCUT2D eigenvalue weighted by atomic mass is 35.5. The van der Waals surface area contributed by atoms with Gasteiger partial charge in [-0.15, -0.1) is 0 Å². The zero-order valence-electron chi connectivity index (χ0n) is 71.0. The van der Waals surface area contributed by atoms with Crippen molar-refractivity contribution >= 4 is 81.8 Å². The number of hydrogen-bond acceptors (Lipinski definition) is 10. The Morgan fingerprint density at radius 1 is 0.258 bits per heavy atom. The average Bonchev–Trinajstić information content (AvgIpc) is 1.59. The number of rotatable bonds is 10. The van der Waals surface area contributed by atoms with E-state index in [4.69, 9.17) is 59.5 Å². The van der Waals surface area contributed by atoms with Crippen molar-refractivity contribution in [2.75, 3.05) is 0 Å². The van der Waals surface area contributed by atoms with E-state index < -0.39 is 32.3 Å². The summed E-state index contributed by atoms with van der Waals surface area (Å²) in [6.45, 7) is 33.8. The van der Waals surface area contributed by atoms with E-state index >= 15 is 0 Å². The summed E-state index contributed by atoms with van der Waals surface area (Å²) in [6, 6.07) is 103. The van der Waals surface area contributed by atoms with E-state index in [-0.39, 0.29) is 33.2 Å². The van der Waals surface area contributed by atoms with E-state index in [0.29, 0.717) is 16.7 Å². The Bertz CT molecular complexity index is 6690. The van der Waals surface area contributed by atoms with Gasteiger partial charge in [0.1, 0.15) is 0 Å². The summed E-state index contributed by atoms with van der Waals surface area (Å²) in [7, 11) is -1.43. The van der Waals surface area contributed by atoms with Gasteiger partial charge >= 0.3 is 21.1 Å². The van der Waals surface area contributed by atoms with Crippen molar-refractivity contribution in [3.63, 3.8) is 0 Å². The third-order valence-corrected chi connectivity index (χ3v) is 26.9. The first-order valence-electron chi connectivity index (χ1n) is 41.7. The number of nitrogens with zero attached hydrogens (tertiary/aromatic N) is 6. The lowest BCUT2D eigenvalue weighted by atomic mass is 9.49. The van der Waals surface area contributed by atoms with Crippen molar-refractivity contribution < 1.29 is 27.9 Å². The first-order chi connectivity index (χ1) is 57.3. The molecule has 0 unspecified atom stereocenters. The van der Waals surface area contributed by atoms with E-state index in [1.807, 2.05) is 73.6 Å². The van der Waals surface area contributed by atoms with Crippen molar-refractivity contribution in [3.05, 3.63) is 318 Å². The number of hydrogen-bond donors (Lipinski definition) is 0. The minimum Gasteiger partial charge on any atom is -0.405 e. The maximum atomic E-state index is 6.48. The molecule has 4 aromatic heterocycles. The highest BCUT2D eigenvalue weighted by molar-refractivity contribution is 7.11. The predicted octanol–water partition coefficient (Wildman–Crippen LogP) is 25.0. The molecule has 0 saturated carbocycles. The van der Waals surface area contributed by atoms with Gasteiger partial charge in [-0.2, -0.15) is 0 Å². The van der Waals surface area contributed by atoms with Crippen molar-refractivity contribution in [3.8, 4) is 101 Å².